The number of amides is 1. The predicted octanol–water partition coefficient (Wildman–Crippen LogP) is 2.64. The highest BCUT2D eigenvalue weighted by atomic mass is 32.1. The van der Waals surface area contributed by atoms with Crippen LogP contribution in [0.1, 0.15) is 19.3 Å². The van der Waals surface area contributed by atoms with Gasteiger partial charge in [0.25, 0.3) is 0 Å². The number of carbonyl (C=O) groups is 1. The van der Waals surface area contributed by atoms with Crippen molar-refractivity contribution >= 4 is 33.1 Å². The monoisotopic (exact) mass is 387 g/mol. The van der Waals surface area contributed by atoms with Crippen LogP contribution in [0.25, 0.3) is 10.2 Å². The second kappa shape index (κ2) is 7.79. The summed E-state index contributed by atoms with van der Waals surface area (Å²) in [5.74, 6) is -0.137. The van der Waals surface area contributed by atoms with E-state index in [-0.39, 0.29) is 25.4 Å². The van der Waals surface area contributed by atoms with Crippen LogP contribution in [0.15, 0.2) is 23.7 Å². The molecule has 2 atom stereocenters. The zero-order valence-corrected chi connectivity index (χ0v) is 15.8. The maximum Gasteiger partial charge on any atom is 0.237 e. The summed E-state index contributed by atoms with van der Waals surface area (Å²) in [6.07, 6.45) is 0.936. The molecule has 3 heterocycles. The lowest BCUT2D eigenvalue weighted by atomic mass is 10.0. The third kappa shape index (κ3) is 3.89. The van der Waals surface area contributed by atoms with Crippen molar-refractivity contribution in [3.05, 3.63) is 23.7 Å². The van der Waals surface area contributed by atoms with Crippen LogP contribution < -0.4 is 5.32 Å². The number of halogens is 1. The van der Waals surface area contributed by atoms with Crippen molar-refractivity contribution in [2.24, 2.45) is 0 Å². The predicted molar refractivity (Wildman–Crippen MR) is 103 cm³/mol. The highest BCUT2D eigenvalue weighted by Crippen LogP contribution is 2.28. The Labute approximate surface area is 161 Å². The van der Waals surface area contributed by atoms with Gasteiger partial charge in [0.2, 0.25) is 5.91 Å². The highest BCUT2D eigenvalue weighted by Gasteiger charge is 2.36. The van der Waals surface area contributed by atoms with Gasteiger partial charge in [0.05, 0.1) is 40.6 Å². The Hall–Kier alpha value is -2.24. The van der Waals surface area contributed by atoms with Gasteiger partial charge in [0, 0.05) is 25.6 Å². The number of hydrogen-bond donors (Lipinski definition) is 1. The van der Waals surface area contributed by atoms with E-state index in [1.165, 1.54) is 9.60 Å². The SMILES string of the molecule is N#CC1C[C@H](F)CN1C(=O)CN1CCC(Nc2cccc3ncsc23)CC1. The van der Waals surface area contributed by atoms with Gasteiger partial charge in [-0.1, -0.05) is 6.07 Å². The number of hydrogen-bond acceptors (Lipinski definition) is 6. The molecule has 2 aliphatic heterocycles. The van der Waals surface area contributed by atoms with Gasteiger partial charge in [0.15, 0.2) is 0 Å². The maximum absolute atomic E-state index is 13.5. The second-order valence-corrected chi connectivity index (χ2v) is 8.08. The molecule has 1 aromatic carbocycles. The average Bonchev–Trinajstić information content (AvgIpc) is 3.30. The van der Waals surface area contributed by atoms with Crippen LogP contribution in [0.4, 0.5) is 10.1 Å². The number of aromatic nitrogens is 1. The zero-order valence-electron chi connectivity index (χ0n) is 15.0. The Morgan fingerprint density at radius 2 is 2.22 bits per heavy atom. The summed E-state index contributed by atoms with van der Waals surface area (Å²) in [6, 6.07) is 7.89. The minimum absolute atomic E-state index is 0.0495. The Balaban J connectivity index is 1.30. The van der Waals surface area contributed by atoms with Gasteiger partial charge in [-0.3, -0.25) is 9.69 Å². The number of anilines is 1. The van der Waals surface area contributed by atoms with Crippen LogP contribution in [0.3, 0.4) is 0 Å². The zero-order chi connectivity index (χ0) is 18.8. The molecule has 142 valence electrons. The van der Waals surface area contributed by atoms with Gasteiger partial charge in [-0.05, 0) is 25.0 Å². The normalized spacial score (nSPS) is 24.2. The molecule has 6 nitrogen and oxygen atoms in total. The molecule has 2 saturated heterocycles. The van der Waals surface area contributed by atoms with Gasteiger partial charge in [0.1, 0.15) is 12.2 Å². The summed E-state index contributed by atoms with van der Waals surface area (Å²) in [4.78, 5) is 20.3. The number of nitrogens with one attached hydrogen (secondary N) is 1. The Morgan fingerprint density at radius 3 is 3.00 bits per heavy atom. The first-order valence-corrected chi connectivity index (χ1v) is 10.2. The van der Waals surface area contributed by atoms with Gasteiger partial charge < -0.3 is 10.2 Å². The molecule has 1 amide bonds. The minimum atomic E-state index is -1.08. The van der Waals surface area contributed by atoms with Crippen molar-refractivity contribution in [1.82, 2.24) is 14.8 Å². The molecule has 0 radical (unpaired) electrons. The van der Waals surface area contributed by atoms with E-state index < -0.39 is 12.2 Å². The lowest BCUT2D eigenvalue weighted by Gasteiger charge is -2.33. The van der Waals surface area contributed by atoms with Gasteiger partial charge in [-0.25, -0.2) is 9.37 Å². The standard InChI is InChI=1S/C19H22FN5OS/c20-13-8-15(9-21)25(10-13)18(26)11-24-6-4-14(5-7-24)23-17-3-1-2-16-19(17)27-12-22-16/h1-3,12-15,23H,4-8,10-11H2/t13-,15?/m0/s1. The number of thiazole rings is 1. The van der Waals surface area contributed by atoms with Gasteiger partial charge >= 0.3 is 0 Å². The molecular weight excluding hydrogens is 365 g/mol. The number of fused-ring (bicyclic) bond motifs is 1. The van der Waals surface area contributed by atoms with Crippen LogP contribution in [0.2, 0.25) is 0 Å². The van der Waals surface area contributed by atoms with E-state index in [0.29, 0.717) is 6.04 Å². The van der Waals surface area contributed by atoms with Crippen LogP contribution in [0.5, 0.6) is 0 Å². The second-order valence-electron chi connectivity index (χ2n) is 7.22. The molecule has 1 aromatic heterocycles. The molecule has 0 spiro atoms. The lowest BCUT2D eigenvalue weighted by Crippen LogP contribution is -2.46. The molecule has 27 heavy (non-hydrogen) atoms. The van der Waals surface area contributed by atoms with Crippen molar-refractivity contribution < 1.29 is 9.18 Å². The summed E-state index contributed by atoms with van der Waals surface area (Å²) in [5, 5.41) is 12.7. The van der Waals surface area contributed by atoms with E-state index in [9.17, 15) is 9.18 Å². The molecule has 1 N–H and O–H groups in total. The molecule has 1 unspecified atom stereocenters. The number of likely N-dealkylation sites (tertiary alicyclic amines) is 2. The number of rotatable bonds is 4. The van der Waals surface area contributed by atoms with Gasteiger partial charge in [-0.2, -0.15) is 5.26 Å². The van der Waals surface area contributed by atoms with Crippen molar-refractivity contribution in [3.8, 4) is 6.07 Å². The Bertz CT molecular complexity index is 857. The number of nitriles is 1. The van der Waals surface area contributed by atoms with Gasteiger partial charge in [-0.15, -0.1) is 11.3 Å². The average molecular weight is 387 g/mol. The van der Waals surface area contributed by atoms with Crippen LogP contribution >= 0.6 is 11.3 Å². The fourth-order valence-corrected chi connectivity index (χ4v) is 4.69. The summed E-state index contributed by atoms with van der Waals surface area (Å²) in [7, 11) is 0. The fraction of sp³-hybridized carbons (Fsp3) is 0.526. The topological polar surface area (TPSA) is 72.3 Å². The molecule has 0 saturated carbocycles. The number of alkyl halides is 1. The first-order valence-electron chi connectivity index (χ1n) is 9.28. The summed E-state index contributed by atoms with van der Waals surface area (Å²) in [6.45, 7) is 1.94. The van der Waals surface area contributed by atoms with Crippen LogP contribution in [-0.2, 0) is 4.79 Å². The lowest BCUT2D eigenvalue weighted by molar-refractivity contribution is -0.132. The molecule has 0 aliphatic carbocycles. The maximum atomic E-state index is 13.5. The third-order valence-corrected chi connectivity index (χ3v) is 6.26. The molecule has 8 heteroatoms. The quantitative estimate of drug-likeness (QED) is 0.873. The fourth-order valence-electron chi connectivity index (χ4n) is 3.92. The van der Waals surface area contributed by atoms with Crippen LogP contribution in [0, 0.1) is 11.3 Å². The highest BCUT2D eigenvalue weighted by molar-refractivity contribution is 7.17. The minimum Gasteiger partial charge on any atom is -0.381 e. The van der Waals surface area contributed by atoms with Crippen molar-refractivity contribution in [3.63, 3.8) is 0 Å². The largest absolute Gasteiger partial charge is 0.381 e. The van der Waals surface area contributed by atoms with E-state index in [1.54, 1.807) is 11.3 Å². The summed E-state index contributed by atoms with van der Waals surface area (Å²) < 4.78 is 14.7. The Morgan fingerprint density at radius 1 is 1.41 bits per heavy atom. The molecule has 4 rings (SSSR count). The van der Waals surface area contributed by atoms with Crippen molar-refractivity contribution in [1.29, 1.82) is 5.26 Å². The smallest absolute Gasteiger partial charge is 0.237 e. The number of nitrogens with zero attached hydrogens (tertiary/aromatic N) is 4. The van der Waals surface area contributed by atoms with E-state index in [2.05, 4.69) is 21.3 Å². The number of benzene rings is 1. The van der Waals surface area contributed by atoms with E-state index in [4.69, 9.17) is 5.26 Å². The van der Waals surface area contributed by atoms with Crippen molar-refractivity contribution in [2.45, 2.75) is 37.5 Å². The summed E-state index contributed by atoms with van der Waals surface area (Å²) in [5.41, 5.74) is 3.99. The third-order valence-electron chi connectivity index (χ3n) is 5.38. The van der Waals surface area contributed by atoms with E-state index in [0.717, 1.165) is 37.1 Å². The molecular formula is C19H22FN5OS. The van der Waals surface area contributed by atoms with Crippen LogP contribution in [-0.4, -0.2) is 65.1 Å². The molecule has 0 bridgehead atoms. The molecule has 2 aromatic rings. The van der Waals surface area contributed by atoms with E-state index >= 15 is 0 Å². The summed E-state index contributed by atoms with van der Waals surface area (Å²) >= 11 is 1.64. The molecule has 2 fully saturated rings. The number of carbonyl (C=O) groups excluding carboxylic acids is 1. The molecule has 2 aliphatic rings. The first kappa shape index (κ1) is 18.1. The first-order chi connectivity index (χ1) is 13.1. The number of piperidine rings is 1. The van der Waals surface area contributed by atoms with Crippen molar-refractivity contribution in [2.75, 3.05) is 31.5 Å². The Kier molecular flexibility index (Phi) is 5.23. The van der Waals surface area contributed by atoms with E-state index in [1.807, 2.05) is 23.7 Å².